The summed E-state index contributed by atoms with van der Waals surface area (Å²) in [5.74, 6) is 0.411. The molecular formula is C21H23NO6. The summed E-state index contributed by atoms with van der Waals surface area (Å²) in [4.78, 5) is 24.0. The summed E-state index contributed by atoms with van der Waals surface area (Å²) in [6.07, 6.45) is 0.140. The van der Waals surface area contributed by atoms with E-state index in [9.17, 15) is 9.59 Å². The summed E-state index contributed by atoms with van der Waals surface area (Å²) in [6.45, 7) is 4.56. The van der Waals surface area contributed by atoms with E-state index in [4.69, 9.17) is 18.9 Å². The third-order valence-electron chi connectivity index (χ3n) is 4.03. The van der Waals surface area contributed by atoms with Gasteiger partial charge in [-0.1, -0.05) is 18.2 Å². The standard InChI is InChI=1S/C21H23NO6/c1-14(2)25-11-15-3-6-17(7-4-15)21(24)26-12-20(23)22-10-16-5-8-18-19(9-16)28-13-27-18/h3-9,14H,10-13H2,1-2H3,(H,22,23). The van der Waals surface area contributed by atoms with E-state index in [0.717, 1.165) is 11.1 Å². The number of nitrogens with one attached hydrogen (secondary N) is 1. The maximum Gasteiger partial charge on any atom is 0.338 e. The van der Waals surface area contributed by atoms with Gasteiger partial charge in [-0.3, -0.25) is 4.79 Å². The Bertz CT molecular complexity index is 831. The summed E-state index contributed by atoms with van der Waals surface area (Å²) in [5.41, 5.74) is 2.21. The number of hydrogen-bond donors (Lipinski definition) is 1. The summed E-state index contributed by atoms with van der Waals surface area (Å²) >= 11 is 0. The monoisotopic (exact) mass is 385 g/mol. The molecule has 1 heterocycles. The first kappa shape index (κ1) is 19.7. The molecule has 2 aromatic rings. The number of rotatable bonds is 8. The minimum absolute atomic E-state index is 0.140. The van der Waals surface area contributed by atoms with Crippen molar-refractivity contribution in [2.24, 2.45) is 0 Å². The van der Waals surface area contributed by atoms with E-state index in [1.807, 2.05) is 19.9 Å². The molecule has 7 heteroatoms. The van der Waals surface area contributed by atoms with Crippen LogP contribution in [-0.2, 0) is 27.4 Å². The highest BCUT2D eigenvalue weighted by Gasteiger charge is 2.14. The first-order valence-corrected chi connectivity index (χ1v) is 9.04. The van der Waals surface area contributed by atoms with Crippen LogP contribution < -0.4 is 14.8 Å². The lowest BCUT2D eigenvalue weighted by Gasteiger charge is -2.09. The molecule has 1 aliphatic heterocycles. The molecule has 0 radical (unpaired) electrons. The van der Waals surface area contributed by atoms with Crippen LogP contribution in [0, 0.1) is 0 Å². The van der Waals surface area contributed by atoms with Crippen LogP contribution in [0.15, 0.2) is 42.5 Å². The second-order valence-corrected chi connectivity index (χ2v) is 6.60. The molecule has 0 spiro atoms. The zero-order valence-electron chi connectivity index (χ0n) is 15.9. The fourth-order valence-electron chi connectivity index (χ4n) is 2.52. The van der Waals surface area contributed by atoms with Gasteiger partial charge in [0.1, 0.15) is 0 Å². The van der Waals surface area contributed by atoms with Crippen LogP contribution in [0.3, 0.4) is 0 Å². The average Bonchev–Trinajstić information content (AvgIpc) is 3.17. The van der Waals surface area contributed by atoms with E-state index in [2.05, 4.69) is 5.32 Å². The molecule has 0 bridgehead atoms. The van der Waals surface area contributed by atoms with Gasteiger partial charge in [-0.2, -0.15) is 0 Å². The number of fused-ring (bicyclic) bond motifs is 1. The molecule has 0 saturated carbocycles. The highest BCUT2D eigenvalue weighted by molar-refractivity contribution is 5.91. The predicted molar refractivity (Wildman–Crippen MR) is 101 cm³/mol. The van der Waals surface area contributed by atoms with Crippen molar-refractivity contribution in [2.45, 2.75) is 33.1 Å². The fourth-order valence-corrected chi connectivity index (χ4v) is 2.52. The topological polar surface area (TPSA) is 83.1 Å². The van der Waals surface area contributed by atoms with E-state index < -0.39 is 5.97 Å². The third-order valence-corrected chi connectivity index (χ3v) is 4.03. The number of hydrogen-bond acceptors (Lipinski definition) is 6. The maximum atomic E-state index is 12.1. The van der Waals surface area contributed by atoms with Crippen molar-refractivity contribution < 1.29 is 28.5 Å². The SMILES string of the molecule is CC(C)OCc1ccc(C(=O)OCC(=O)NCc2ccc3c(c2)OCO3)cc1. The van der Waals surface area contributed by atoms with Gasteiger partial charge in [0, 0.05) is 6.54 Å². The molecule has 7 nitrogen and oxygen atoms in total. The molecule has 148 valence electrons. The van der Waals surface area contributed by atoms with Crippen LogP contribution in [-0.4, -0.2) is 31.4 Å². The number of ether oxygens (including phenoxy) is 4. The largest absolute Gasteiger partial charge is 0.454 e. The number of carbonyl (C=O) groups excluding carboxylic acids is 2. The van der Waals surface area contributed by atoms with E-state index in [-0.39, 0.29) is 25.4 Å². The lowest BCUT2D eigenvalue weighted by atomic mass is 10.1. The highest BCUT2D eigenvalue weighted by atomic mass is 16.7. The summed E-state index contributed by atoms with van der Waals surface area (Å²) in [7, 11) is 0. The second kappa shape index (κ2) is 9.23. The molecule has 0 fully saturated rings. The molecule has 0 aromatic heterocycles. The number of carbonyl (C=O) groups is 2. The molecule has 0 aliphatic carbocycles. The van der Waals surface area contributed by atoms with Gasteiger partial charge < -0.3 is 24.3 Å². The van der Waals surface area contributed by atoms with Crippen molar-refractivity contribution in [3.05, 3.63) is 59.2 Å². The molecular weight excluding hydrogens is 362 g/mol. The van der Waals surface area contributed by atoms with Crippen LogP contribution in [0.4, 0.5) is 0 Å². The molecule has 1 N–H and O–H groups in total. The van der Waals surface area contributed by atoms with Crippen LogP contribution >= 0.6 is 0 Å². The first-order valence-electron chi connectivity index (χ1n) is 9.04. The van der Waals surface area contributed by atoms with Gasteiger partial charge in [0.25, 0.3) is 5.91 Å². The van der Waals surface area contributed by atoms with Crippen molar-refractivity contribution in [2.75, 3.05) is 13.4 Å². The quantitative estimate of drug-likeness (QED) is 0.704. The molecule has 3 rings (SSSR count). The normalized spacial score (nSPS) is 12.1. The van der Waals surface area contributed by atoms with Crippen molar-refractivity contribution in [3.8, 4) is 11.5 Å². The van der Waals surface area contributed by atoms with E-state index in [0.29, 0.717) is 30.2 Å². The Balaban J connectivity index is 1.42. The molecule has 0 atom stereocenters. The lowest BCUT2D eigenvalue weighted by Crippen LogP contribution is -2.28. The number of esters is 1. The van der Waals surface area contributed by atoms with E-state index >= 15 is 0 Å². The zero-order valence-corrected chi connectivity index (χ0v) is 15.9. The average molecular weight is 385 g/mol. The highest BCUT2D eigenvalue weighted by Crippen LogP contribution is 2.32. The predicted octanol–water partition coefficient (Wildman–Crippen LogP) is 2.81. The van der Waals surface area contributed by atoms with Crippen molar-refractivity contribution in [1.29, 1.82) is 0 Å². The molecule has 1 amide bonds. The van der Waals surface area contributed by atoms with Crippen molar-refractivity contribution in [3.63, 3.8) is 0 Å². The second-order valence-electron chi connectivity index (χ2n) is 6.60. The van der Waals surface area contributed by atoms with Crippen molar-refractivity contribution >= 4 is 11.9 Å². The minimum Gasteiger partial charge on any atom is -0.454 e. The van der Waals surface area contributed by atoms with Crippen LogP contribution in [0.1, 0.15) is 35.3 Å². The van der Waals surface area contributed by atoms with Gasteiger partial charge in [-0.25, -0.2) is 4.79 Å². The fraction of sp³-hybridized carbons (Fsp3) is 0.333. The van der Waals surface area contributed by atoms with Gasteiger partial charge in [-0.15, -0.1) is 0 Å². The molecule has 2 aromatic carbocycles. The molecule has 1 aliphatic rings. The lowest BCUT2D eigenvalue weighted by molar-refractivity contribution is -0.124. The van der Waals surface area contributed by atoms with Crippen LogP contribution in [0.5, 0.6) is 11.5 Å². The van der Waals surface area contributed by atoms with Gasteiger partial charge in [0.15, 0.2) is 18.1 Å². The summed E-state index contributed by atoms with van der Waals surface area (Å²) in [6, 6.07) is 12.4. The Hall–Kier alpha value is -3.06. The minimum atomic E-state index is -0.547. The van der Waals surface area contributed by atoms with Gasteiger partial charge in [-0.05, 0) is 49.2 Å². The zero-order chi connectivity index (χ0) is 19.9. The first-order chi connectivity index (χ1) is 13.5. The molecule has 0 saturated heterocycles. The maximum absolute atomic E-state index is 12.1. The Labute approximate surface area is 163 Å². The molecule has 28 heavy (non-hydrogen) atoms. The number of benzene rings is 2. The van der Waals surface area contributed by atoms with E-state index in [1.54, 1.807) is 36.4 Å². The number of amides is 1. The van der Waals surface area contributed by atoms with Gasteiger partial charge in [0.2, 0.25) is 6.79 Å². The third kappa shape index (κ3) is 5.47. The Morgan fingerprint density at radius 1 is 1.04 bits per heavy atom. The smallest absolute Gasteiger partial charge is 0.338 e. The van der Waals surface area contributed by atoms with Crippen LogP contribution in [0.2, 0.25) is 0 Å². The van der Waals surface area contributed by atoms with Crippen LogP contribution in [0.25, 0.3) is 0 Å². The summed E-state index contributed by atoms with van der Waals surface area (Å²) in [5, 5.41) is 2.70. The Kier molecular flexibility index (Phi) is 6.49. The van der Waals surface area contributed by atoms with Gasteiger partial charge >= 0.3 is 5.97 Å². The summed E-state index contributed by atoms with van der Waals surface area (Å²) < 4.78 is 21.1. The molecule has 0 unspecified atom stereocenters. The van der Waals surface area contributed by atoms with E-state index in [1.165, 1.54) is 0 Å². The van der Waals surface area contributed by atoms with Gasteiger partial charge in [0.05, 0.1) is 18.3 Å². The Morgan fingerprint density at radius 3 is 2.50 bits per heavy atom. The Morgan fingerprint density at radius 2 is 1.75 bits per heavy atom. The van der Waals surface area contributed by atoms with Crippen molar-refractivity contribution in [1.82, 2.24) is 5.32 Å².